The Morgan fingerprint density at radius 3 is 2.96 bits per heavy atom. The number of anilines is 1. The molecule has 0 saturated heterocycles. The Kier molecular flexibility index (Phi) is 5.47. The molecule has 27 heavy (non-hydrogen) atoms. The maximum absolute atomic E-state index is 13.7. The first-order valence-corrected chi connectivity index (χ1v) is 10.7. The molecule has 0 unspecified atom stereocenters. The Balaban J connectivity index is 1.42. The first kappa shape index (κ1) is 18.5. The molecule has 3 aromatic rings. The molecular weight excluding hydrogens is 407 g/mol. The van der Waals surface area contributed by atoms with Crippen molar-refractivity contribution in [2.24, 2.45) is 0 Å². The first-order valence-electron chi connectivity index (χ1n) is 8.44. The molecule has 0 spiro atoms. The summed E-state index contributed by atoms with van der Waals surface area (Å²) in [6, 6.07) is 8.57. The monoisotopic (exact) mass is 422 g/mol. The van der Waals surface area contributed by atoms with Crippen LogP contribution in [-0.4, -0.2) is 26.4 Å². The third kappa shape index (κ3) is 4.51. The molecule has 5 nitrogen and oxygen atoms in total. The summed E-state index contributed by atoms with van der Waals surface area (Å²) in [5, 5.41) is 14.3. The molecule has 1 aliphatic rings. The number of nitrogens with one attached hydrogen (secondary N) is 1. The van der Waals surface area contributed by atoms with E-state index in [4.69, 9.17) is 11.6 Å². The Hall–Kier alpha value is -1.90. The van der Waals surface area contributed by atoms with Crippen molar-refractivity contribution in [3.63, 3.8) is 0 Å². The second-order valence-corrected chi connectivity index (χ2v) is 8.63. The number of rotatable bonds is 7. The Bertz CT molecular complexity index is 956. The minimum atomic E-state index is -0.517. The molecule has 1 amide bonds. The van der Waals surface area contributed by atoms with E-state index in [1.807, 2.05) is 11.4 Å². The van der Waals surface area contributed by atoms with Gasteiger partial charge in [-0.3, -0.25) is 4.79 Å². The van der Waals surface area contributed by atoms with Crippen molar-refractivity contribution in [1.82, 2.24) is 14.8 Å². The Morgan fingerprint density at radius 1 is 1.37 bits per heavy atom. The van der Waals surface area contributed by atoms with Gasteiger partial charge in [0.2, 0.25) is 5.91 Å². The number of halogens is 2. The number of carbonyl (C=O) groups excluding carboxylic acids is 1. The summed E-state index contributed by atoms with van der Waals surface area (Å²) in [4.78, 5) is 13.4. The minimum Gasteiger partial charge on any atom is -0.323 e. The van der Waals surface area contributed by atoms with E-state index >= 15 is 0 Å². The van der Waals surface area contributed by atoms with Crippen LogP contribution >= 0.6 is 34.7 Å². The van der Waals surface area contributed by atoms with Gasteiger partial charge in [-0.1, -0.05) is 29.4 Å². The van der Waals surface area contributed by atoms with Gasteiger partial charge in [-0.05, 0) is 42.5 Å². The van der Waals surface area contributed by atoms with Crippen LogP contribution in [-0.2, 0) is 11.2 Å². The topological polar surface area (TPSA) is 59.8 Å². The number of thiophene rings is 1. The normalized spacial score (nSPS) is 13.7. The van der Waals surface area contributed by atoms with Crippen LogP contribution in [0.25, 0.3) is 0 Å². The quantitative estimate of drug-likeness (QED) is 0.556. The summed E-state index contributed by atoms with van der Waals surface area (Å²) in [5.74, 6) is 0.211. The number of nitrogens with zero attached hydrogens (tertiary/aromatic N) is 3. The fourth-order valence-corrected chi connectivity index (χ4v) is 4.40. The van der Waals surface area contributed by atoms with E-state index in [2.05, 4.69) is 26.1 Å². The van der Waals surface area contributed by atoms with Gasteiger partial charge < -0.3 is 9.88 Å². The molecule has 0 bridgehead atoms. The lowest BCUT2D eigenvalue weighted by molar-refractivity contribution is -0.113. The van der Waals surface area contributed by atoms with E-state index < -0.39 is 5.82 Å². The molecule has 1 aliphatic carbocycles. The zero-order chi connectivity index (χ0) is 18.8. The van der Waals surface area contributed by atoms with Gasteiger partial charge in [-0.15, -0.1) is 21.5 Å². The lowest BCUT2D eigenvalue weighted by Gasteiger charge is -2.09. The third-order valence-electron chi connectivity index (χ3n) is 4.09. The summed E-state index contributed by atoms with van der Waals surface area (Å²) >= 11 is 8.86. The van der Waals surface area contributed by atoms with Gasteiger partial charge in [-0.2, -0.15) is 0 Å². The largest absolute Gasteiger partial charge is 0.323 e. The van der Waals surface area contributed by atoms with Crippen LogP contribution in [0.5, 0.6) is 0 Å². The van der Waals surface area contributed by atoms with Crippen molar-refractivity contribution >= 4 is 46.3 Å². The van der Waals surface area contributed by atoms with Crippen LogP contribution in [0.4, 0.5) is 10.1 Å². The summed E-state index contributed by atoms with van der Waals surface area (Å²) in [7, 11) is 0. The maximum Gasteiger partial charge on any atom is 0.234 e. The Morgan fingerprint density at radius 2 is 2.22 bits per heavy atom. The first-order chi connectivity index (χ1) is 13.1. The number of thioether (sulfide) groups is 1. The standard InChI is InChI=1S/C18H16ClFN4OS2/c19-11-3-6-14(20)15(8-11)21-17(25)10-27-18-23-22-16(24(18)12-4-5-12)9-13-2-1-7-26-13/h1-3,6-8,12H,4-5,9-10H2,(H,21,25). The molecule has 1 N–H and O–H groups in total. The number of carbonyl (C=O) groups is 1. The lowest BCUT2D eigenvalue weighted by Crippen LogP contribution is -2.15. The number of hydrogen-bond donors (Lipinski definition) is 1. The van der Waals surface area contributed by atoms with E-state index in [-0.39, 0.29) is 17.3 Å². The van der Waals surface area contributed by atoms with Crippen LogP contribution in [0, 0.1) is 5.82 Å². The molecule has 0 aliphatic heterocycles. The lowest BCUT2D eigenvalue weighted by atomic mass is 10.3. The summed E-state index contributed by atoms with van der Waals surface area (Å²) in [6.07, 6.45) is 2.94. The van der Waals surface area contributed by atoms with Crippen molar-refractivity contribution in [1.29, 1.82) is 0 Å². The zero-order valence-corrected chi connectivity index (χ0v) is 16.6. The minimum absolute atomic E-state index is 0.0788. The van der Waals surface area contributed by atoms with Gasteiger partial charge in [0, 0.05) is 22.4 Å². The molecule has 4 rings (SSSR count). The fraction of sp³-hybridized carbons (Fsp3) is 0.278. The van der Waals surface area contributed by atoms with Crippen LogP contribution in [0.3, 0.4) is 0 Å². The van der Waals surface area contributed by atoms with E-state index in [9.17, 15) is 9.18 Å². The smallest absolute Gasteiger partial charge is 0.234 e. The van der Waals surface area contributed by atoms with Gasteiger partial charge in [0.25, 0.3) is 0 Å². The molecule has 0 radical (unpaired) electrons. The summed E-state index contributed by atoms with van der Waals surface area (Å²) in [5.41, 5.74) is 0.0788. The second kappa shape index (κ2) is 8.00. The predicted molar refractivity (Wildman–Crippen MR) is 106 cm³/mol. The van der Waals surface area contributed by atoms with Crippen LogP contribution in [0.2, 0.25) is 5.02 Å². The highest BCUT2D eigenvalue weighted by Gasteiger charge is 2.30. The van der Waals surface area contributed by atoms with E-state index in [0.717, 1.165) is 30.2 Å². The van der Waals surface area contributed by atoms with Crippen molar-refractivity contribution in [2.75, 3.05) is 11.1 Å². The summed E-state index contributed by atoms with van der Waals surface area (Å²) in [6.45, 7) is 0. The maximum atomic E-state index is 13.7. The average molecular weight is 423 g/mol. The Labute approximate surface area is 168 Å². The third-order valence-corrected chi connectivity index (χ3v) is 6.15. The highest BCUT2D eigenvalue weighted by atomic mass is 35.5. The second-order valence-electron chi connectivity index (χ2n) is 6.22. The molecule has 9 heteroatoms. The molecule has 1 aromatic carbocycles. The predicted octanol–water partition coefficient (Wildman–Crippen LogP) is 4.79. The fourth-order valence-electron chi connectivity index (χ4n) is 2.70. The average Bonchev–Trinajstić information content (AvgIpc) is 3.19. The van der Waals surface area contributed by atoms with Crippen LogP contribution < -0.4 is 5.32 Å². The molecule has 2 aromatic heterocycles. The van der Waals surface area contributed by atoms with Crippen LogP contribution in [0.1, 0.15) is 29.6 Å². The number of benzene rings is 1. The van der Waals surface area contributed by atoms with Crippen molar-refractivity contribution in [2.45, 2.75) is 30.5 Å². The zero-order valence-electron chi connectivity index (χ0n) is 14.2. The summed E-state index contributed by atoms with van der Waals surface area (Å²) < 4.78 is 15.9. The van der Waals surface area contributed by atoms with E-state index in [1.165, 1.54) is 34.8 Å². The van der Waals surface area contributed by atoms with Crippen molar-refractivity contribution < 1.29 is 9.18 Å². The van der Waals surface area contributed by atoms with Crippen molar-refractivity contribution in [3.8, 4) is 0 Å². The molecule has 0 atom stereocenters. The van der Waals surface area contributed by atoms with Crippen LogP contribution in [0.15, 0.2) is 40.9 Å². The molecule has 1 fully saturated rings. The highest BCUT2D eigenvalue weighted by molar-refractivity contribution is 7.99. The van der Waals surface area contributed by atoms with E-state index in [1.54, 1.807) is 11.3 Å². The molecule has 140 valence electrons. The van der Waals surface area contributed by atoms with Gasteiger partial charge in [0.1, 0.15) is 11.6 Å². The number of amides is 1. The van der Waals surface area contributed by atoms with Gasteiger partial charge in [-0.25, -0.2) is 4.39 Å². The van der Waals surface area contributed by atoms with Gasteiger partial charge >= 0.3 is 0 Å². The van der Waals surface area contributed by atoms with Crippen molar-refractivity contribution in [3.05, 3.63) is 57.3 Å². The van der Waals surface area contributed by atoms with Gasteiger partial charge in [0.15, 0.2) is 5.16 Å². The molecule has 1 saturated carbocycles. The number of hydrogen-bond acceptors (Lipinski definition) is 5. The SMILES string of the molecule is O=C(CSc1nnc(Cc2cccs2)n1C1CC1)Nc1cc(Cl)ccc1F. The molecule has 2 heterocycles. The number of aromatic nitrogens is 3. The molecular formula is C18H16ClFN4OS2. The van der Waals surface area contributed by atoms with Gasteiger partial charge in [0.05, 0.1) is 11.4 Å². The highest BCUT2D eigenvalue weighted by Crippen LogP contribution is 2.39. The van der Waals surface area contributed by atoms with E-state index in [0.29, 0.717) is 11.1 Å².